The Morgan fingerprint density at radius 2 is 2.04 bits per heavy atom. The lowest BCUT2D eigenvalue weighted by Crippen LogP contribution is -2.33. The minimum absolute atomic E-state index is 0.0888. The Hall–Kier alpha value is -3.20. The van der Waals surface area contributed by atoms with Crippen molar-refractivity contribution in [2.45, 2.75) is 12.8 Å². The number of nitrogens with zero attached hydrogens (tertiary/aromatic N) is 1. The predicted octanol–water partition coefficient (Wildman–Crippen LogP) is 1.06. The van der Waals surface area contributed by atoms with Crippen LogP contribution in [0.25, 0.3) is 0 Å². The number of methoxy groups -OCH3 is 1. The molecule has 0 saturated heterocycles. The van der Waals surface area contributed by atoms with Crippen molar-refractivity contribution in [3.63, 3.8) is 0 Å². The number of hydrogen-bond acceptors (Lipinski definition) is 7. The van der Waals surface area contributed by atoms with Crippen molar-refractivity contribution in [1.82, 2.24) is 5.32 Å². The van der Waals surface area contributed by atoms with Gasteiger partial charge in [-0.1, -0.05) is 12.1 Å². The van der Waals surface area contributed by atoms with Crippen LogP contribution >= 0.6 is 0 Å². The van der Waals surface area contributed by atoms with E-state index in [1.807, 2.05) is 0 Å². The molecular weight excluding hydrogens is 332 g/mol. The summed E-state index contributed by atoms with van der Waals surface area (Å²) in [5, 5.41) is 32.9. The van der Waals surface area contributed by atoms with Crippen LogP contribution in [0.3, 0.4) is 0 Å². The van der Waals surface area contributed by atoms with Gasteiger partial charge in [0.1, 0.15) is 0 Å². The third kappa shape index (κ3) is 3.36. The molecule has 9 heteroatoms. The fourth-order valence-corrected chi connectivity index (χ4v) is 2.81. The number of nitro groups is 1. The van der Waals surface area contributed by atoms with E-state index in [0.717, 1.165) is 7.11 Å². The van der Waals surface area contributed by atoms with Crippen molar-refractivity contribution >= 4 is 17.6 Å². The molecule has 1 aromatic rings. The molecule has 1 heterocycles. The van der Waals surface area contributed by atoms with Gasteiger partial charge in [-0.25, -0.2) is 9.59 Å². The highest BCUT2D eigenvalue weighted by Crippen LogP contribution is 2.39. The Kier molecular flexibility index (Phi) is 5.18. The smallest absolute Gasteiger partial charge is 0.336 e. The fourth-order valence-electron chi connectivity index (χ4n) is 2.81. The zero-order valence-corrected chi connectivity index (χ0v) is 13.5. The highest BCUT2D eigenvalue weighted by atomic mass is 16.6. The molecule has 3 N–H and O–H groups in total. The number of esters is 1. The first-order valence-electron chi connectivity index (χ1n) is 7.19. The maximum atomic E-state index is 12.2. The van der Waals surface area contributed by atoms with Crippen LogP contribution < -0.4 is 5.32 Å². The average Bonchev–Trinajstić information content (AvgIpc) is 2.59. The van der Waals surface area contributed by atoms with Gasteiger partial charge in [-0.3, -0.25) is 10.1 Å². The summed E-state index contributed by atoms with van der Waals surface area (Å²) in [5.41, 5.74) is 0.0464. The number of nitro benzene ring substituents is 1. The number of carbonyl (C=O) groups excluding carboxylic acids is 1. The number of ether oxygens (including phenoxy) is 1. The van der Waals surface area contributed by atoms with Crippen LogP contribution in [0.4, 0.5) is 5.69 Å². The Morgan fingerprint density at radius 1 is 1.36 bits per heavy atom. The molecule has 1 aliphatic rings. The molecular formula is C16H16N2O7. The number of dihydropyridines is 1. The number of carboxylic acids is 1. The van der Waals surface area contributed by atoms with Gasteiger partial charge < -0.3 is 20.3 Å². The van der Waals surface area contributed by atoms with Crippen LogP contribution in [0.1, 0.15) is 18.4 Å². The van der Waals surface area contributed by atoms with Crippen LogP contribution in [-0.4, -0.2) is 40.8 Å². The minimum atomic E-state index is -1.29. The second kappa shape index (κ2) is 7.14. The maximum Gasteiger partial charge on any atom is 0.336 e. The molecule has 0 aromatic heterocycles. The number of aliphatic carboxylic acids is 1. The van der Waals surface area contributed by atoms with Crippen molar-refractivity contribution in [3.8, 4) is 0 Å². The van der Waals surface area contributed by atoms with Gasteiger partial charge in [0.05, 0.1) is 41.4 Å². The normalized spacial score (nSPS) is 17.2. The highest BCUT2D eigenvalue weighted by molar-refractivity contribution is 5.99. The lowest BCUT2D eigenvalue weighted by molar-refractivity contribution is -0.384. The average molecular weight is 348 g/mol. The zero-order chi connectivity index (χ0) is 18.7. The summed E-state index contributed by atoms with van der Waals surface area (Å²) >= 11 is 0. The maximum absolute atomic E-state index is 12.2. The molecule has 0 aliphatic carbocycles. The molecule has 1 atom stereocenters. The van der Waals surface area contributed by atoms with E-state index in [1.165, 1.54) is 31.2 Å². The van der Waals surface area contributed by atoms with Crippen LogP contribution in [0, 0.1) is 10.1 Å². The molecule has 0 spiro atoms. The lowest BCUT2D eigenvalue weighted by Gasteiger charge is -2.29. The Balaban J connectivity index is 2.75. The van der Waals surface area contributed by atoms with E-state index in [9.17, 15) is 29.9 Å². The molecule has 2 rings (SSSR count). The molecule has 132 valence electrons. The zero-order valence-electron chi connectivity index (χ0n) is 13.5. The fraction of sp³-hybridized carbons (Fsp3) is 0.250. The van der Waals surface area contributed by atoms with E-state index in [0.29, 0.717) is 0 Å². The second-order valence-electron chi connectivity index (χ2n) is 5.30. The highest BCUT2D eigenvalue weighted by Gasteiger charge is 2.38. The van der Waals surface area contributed by atoms with Crippen molar-refractivity contribution < 1.29 is 29.5 Å². The number of aliphatic hydroxyl groups excluding tert-OH is 1. The molecule has 0 fully saturated rings. The number of non-ortho nitro benzene ring substituents is 1. The summed E-state index contributed by atoms with van der Waals surface area (Å²) in [7, 11) is 1.13. The molecule has 1 aromatic carbocycles. The van der Waals surface area contributed by atoms with Crippen LogP contribution in [0.5, 0.6) is 0 Å². The predicted molar refractivity (Wildman–Crippen MR) is 85.4 cm³/mol. The van der Waals surface area contributed by atoms with Gasteiger partial charge in [0.25, 0.3) is 5.69 Å². The summed E-state index contributed by atoms with van der Waals surface area (Å²) in [6, 6.07) is 5.34. The van der Waals surface area contributed by atoms with E-state index in [1.54, 1.807) is 0 Å². The monoisotopic (exact) mass is 348 g/mol. The number of rotatable bonds is 5. The molecule has 1 aliphatic heterocycles. The number of allylic oxidation sites excluding steroid dienone is 1. The van der Waals surface area contributed by atoms with Crippen LogP contribution in [0.2, 0.25) is 0 Å². The summed E-state index contributed by atoms with van der Waals surface area (Å²) in [4.78, 5) is 34.4. The largest absolute Gasteiger partial charge is 0.478 e. The summed E-state index contributed by atoms with van der Waals surface area (Å²) < 4.78 is 4.72. The van der Waals surface area contributed by atoms with Crippen LogP contribution in [0.15, 0.2) is 46.8 Å². The third-order valence-corrected chi connectivity index (χ3v) is 3.85. The van der Waals surface area contributed by atoms with E-state index in [2.05, 4.69) is 5.32 Å². The van der Waals surface area contributed by atoms with Crippen LogP contribution in [-0.2, 0) is 14.3 Å². The van der Waals surface area contributed by atoms with Crippen molar-refractivity contribution in [2.24, 2.45) is 0 Å². The van der Waals surface area contributed by atoms with Crippen molar-refractivity contribution in [2.75, 3.05) is 13.7 Å². The molecule has 0 radical (unpaired) electrons. The Bertz CT molecular complexity index is 810. The van der Waals surface area contributed by atoms with Crippen molar-refractivity contribution in [3.05, 3.63) is 62.5 Å². The topological polar surface area (TPSA) is 139 Å². The van der Waals surface area contributed by atoms with Gasteiger partial charge >= 0.3 is 11.9 Å². The summed E-state index contributed by atoms with van der Waals surface area (Å²) in [5.74, 6) is -3.24. The summed E-state index contributed by atoms with van der Waals surface area (Å²) in [6.45, 7) is 0.928. The number of benzene rings is 1. The first kappa shape index (κ1) is 18.1. The number of carbonyl (C=O) groups is 2. The molecule has 9 nitrogen and oxygen atoms in total. The lowest BCUT2D eigenvalue weighted by atomic mass is 9.80. The minimum Gasteiger partial charge on any atom is -0.478 e. The van der Waals surface area contributed by atoms with E-state index >= 15 is 0 Å². The van der Waals surface area contributed by atoms with E-state index in [-0.39, 0.29) is 33.8 Å². The van der Waals surface area contributed by atoms with Gasteiger partial charge in [-0.05, 0) is 12.5 Å². The van der Waals surface area contributed by atoms with Gasteiger partial charge in [0, 0.05) is 17.8 Å². The van der Waals surface area contributed by atoms with Gasteiger partial charge in [0.2, 0.25) is 0 Å². The molecule has 1 unspecified atom stereocenters. The molecule has 0 saturated carbocycles. The Labute approximate surface area is 142 Å². The number of nitrogens with one attached hydrogen (secondary N) is 1. The third-order valence-electron chi connectivity index (χ3n) is 3.85. The number of aliphatic hydroxyl groups is 1. The van der Waals surface area contributed by atoms with Crippen molar-refractivity contribution in [1.29, 1.82) is 0 Å². The first-order chi connectivity index (χ1) is 11.8. The molecule has 0 bridgehead atoms. The second-order valence-corrected chi connectivity index (χ2v) is 5.30. The first-order valence-corrected chi connectivity index (χ1v) is 7.19. The van der Waals surface area contributed by atoms with Gasteiger partial charge in [-0.15, -0.1) is 0 Å². The SMILES string of the molecule is COC(=O)C1=C(CO)NC(C)=C(C(=O)O)C1c1cccc([N+](=O)[O-])c1. The molecule has 25 heavy (non-hydrogen) atoms. The van der Waals surface area contributed by atoms with Gasteiger partial charge in [-0.2, -0.15) is 0 Å². The standard InChI is InChI=1S/C16H16N2O7/c1-8-12(15(20)21)13(9-4-3-5-10(6-9)18(23)24)14(16(22)25-2)11(7-19)17-8/h3-6,13,17,19H,7H2,1-2H3,(H,20,21). The van der Waals surface area contributed by atoms with E-state index in [4.69, 9.17) is 4.74 Å². The Morgan fingerprint density at radius 3 is 2.56 bits per heavy atom. The molecule has 0 amide bonds. The number of hydrogen-bond donors (Lipinski definition) is 3. The van der Waals surface area contributed by atoms with E-state index < -0.39 is 29.4 Å². The quantitative estimate of drug-likeness (QED) is 0.408. The number of carboxylic acid groups (broad SMARTS) is 1. The van der Waals surface area contributed by atoms with Gasteiger partial charge in [0.15, 0.2) is 0 Å². The summed E-state index contributed by atoms with van der Waals surface area (Å²) in [6.07, 6.45) is 0.